The summed E-state index contributed by atoms with van der Waals surface area (Å²) in [6.07, 6.45) is 0. The fourth-order valence-electron chi connectivity index (χ4n) is 0. The average molecular weight is 215 g/mol. The molecule has 0 bridgehead atoms. The molecular weight excluding hydrogens is 208 g/mol. The van der Waals surface area contributed by atoms with Crippen LogP contribution in [0.4, 0.5) is 0 Å². The predicted molar refractivity (Wildman–Crippen MR) is 42.3 cm³/mol. The van der Waals surface area contributed by atoms with Gasteiger partial charge in [0.25, 0.3) is 0 Å². The van der Waals surface area contributed by atoms with Crippen LogP contribution in [0.2, 0.25) is 0 Å². The summed E-state index contributed by atoms with van der Waals surface area (Å²) in [6.45, 7) is -0.164. The molecule has 0 aliphatic rings. The van der Waals surface area contributed by atoms with Crippen LogP contribution in [0.3, 0.4) is 0 Å². The first kappa shape index (κ1) is 12.7. The molecule has 2 nitrogen and oxygen atoms in total. The van der Waals surface area contributed by atoms with Gasteiger partial charge in [0.2, 0.25) is 0 Å². The molecule has 0 rings (SSSR count). The third-order valence-electron chi connectivity index (χ3n) is 0.138. The molecule has 0 amide bonds. The summed E-state index contributed by atoms with van der Waals surface area (Å²) in [5.41, 5.74) is 4.64. The van der Waals surface area contributed by atoms with Gasteiger partial charge in [0.15, 0.2) is 4.96 Å². The molecule has 0 radical (unpaired) electrons. The molecule has 0 saturated carbocycles. The largest absolute Gasteiger partial charge is 0.394 e. The van der Waals surface area contributed by atoms with Gasteiger partial charge in [-0.05, 0) is 0 Å². The molecule has 0 aromatic heterocycles. The van der Waals surface area contributed by atoms with Gasteiger partial charge in [-0.1, -0.05) is 23.2 Å². The minimum Gasteiger partial charge on any atom is -0.394 e. The second-order valence-corrected chi connectivity index (χ2v) is 3.35. The third-order valence-corrected chi connectivity index (χ3v) is 0.414. The number of halogens is 4. The Hall–Kier alpha value is 1.08. The minimum absolute atomic E-state index is 0.164. The van der Waals surface area contributed by atoms with Crippen molar-refractivity contribution in [2.45, 2.75) is 9.80 Å². The van der Waals surface area contributed by atoms with Crippen molar-refractivity contribution >= 4 is 46.4 Å². The first-order chi connectivity index (χ1) is 4.00. The van der Waals surface area contributed by atoms with Crippen LogP contribution < -0.4 is 5.73 Å². The van der Waals surface area contributed by atoms with E-state index in [2.05, 4.69) is 5.73 Å². The molecule has 3 N–H and O–H groups in total. The van der Waals surface area contributed by atoms with Crippen molar-refractivity contribution in [1.29, 1.82) is 0 Å². The summed E-state index contributed by atoms with van der Waals surface area (Å²) >= 11 is 19.6. The molecule has 0 spiro atoms. The lowest BCUT2D eigenvalue weighted by atomic mass is 10.9. The van der Waals surface area contributed by atoms with E-state index in [0.717, 1.165) is 0 Å². The lowest BCUT2D eigenvalue weighted by molar-refractivity contribution is 0.313. The smallest absolute Gasteiger partial charge is 0.155 e. The molecule has 9 heavy (non-hydrogen) atoms. The highest BCUT2D eigenvalue weighted by Crippen LogP contribution is 1.96. The molecule has 0 aromatic rings. The maximum atomic E-state index is 7.88. The van der Waals surface area contributed by atoms with E-state index < -0.39 is 9.80 Å². The van der Waals surface area contributed by atoms with Crippen LogP contribution in [0.15, 0.2) is 0 Å². The second kappa shape index (κ2) is 9.08. The van der Waals surface area contributed by atoms with E-state index in [4.69, 9.17) is 51.5 Å². The molecule has 0 aliphatic heterocycles. The van der Waals surface area contributed by atoms with E-state index in [0.29, 0.717) is 0 Å². The van der Waals surface area contributed by atoms with Gasteiger partial charge in [-0.15, -0.1) is 23.2 Å². The SMILES string of the molecule is NC(Cl)Cl.OCC(Cl)Cl. The maximum absolute atomic E-state index is 7.88. The van der Waals surface area contributed by atoms with Crippen LogP contribution in [-0.2, 0) is 0 Å². The summed E-state index contributed by atoms with van der Waals surface area (Å²) in [6, 6.07) is 0. The van der Waals surface area contributed by atoms with Crippen molar-refractivity contribution in [3.63, 3.8) is 0 Å². The van der Waals surface area contributed by atoms with Crippen LogP contribution in [0.5, 0.6) is 0 Å². The maximum Gasteiger partial charge on any atom is 0.155 e. The van der Waals surface area contributed by atoms with Gasteiger partial charge < -0.3 is 10.8 Å². The number of alkyl halides is 4. The van der Waals surface area contributed by atoms with Gasteiger partial charge in [-0.2, -0.15) is 0 Å². The Bertz CT molecular complexity index is 48.3. The Balaban J connectivity index is 0. The number of hydrogen-bond acceptors (Lipinski definition) is 2. The highest BCUT2D eigenvalue weighted by molar-refractivity contribution is 6.44. The minimum atomic E-state index is -0.722. The van der Waals surface area contributed by atoms with Gasteiger partial charge in [-0.25, -0.2) is 0 Å². The van der Waals surface area contributed by atoms with Crippen molar-refractivity contribution in [2.24, 2.45) is 5.73 Å². The van der Waals surface area contributed by atoms with Crippen molar-refractivity contribution in [3.8, 4) is 0 Å². The van der Waals surface area contributed by atoms with Gasteiger partial charge in [0, 0.05) is 0 Å². The number of aliphatic hydroxyl groups is 1. The van der Waals surface area contributed by atoms with E-state index in [1.807, 2.05) is 0 Å². The van der Waals surface area contributed by atoms with Crippen LogP contribution in [-0.4, -0.2) is 21.5 Å². The van der Waals surface area contributed by atoms with Crippen LogP contribution in [0.1, 0.15) is 0 Å². The van der Waals surface area contributed by atoms with Gasteiger partial charge in [-0.3, -0.25) is 0 Å². The average Bonchev–Trinajstić information content (AvgIpc) is 1.65. The quantitative estimate of drug-likeness (QED) is 0.514. The molecule has 0 aliphatic carbocycles. The highest BCUT2D eigenvalue weighted by atomic mass is 35.5. The summed E-state index contributed by atoms with van der Waals surface area (Å²) < 4.78 is 0. The lowest BCUT2D eigenvalue weighted by Crippen LogP contribution is -1.99. The van der Waals surface area contributed by atoms with Crippen molar-refractivity contribution in [1.82, 2.24) is 0 Å². The molecule has 0 unspecified atom stereocenters. The Kier molecular flexibility index (Phi) is 12.8. The molecule has 0 atom stereocenters. The Morgan fingerprint density at radius 2 is 1.33 bits per heavy atom. The first-order valence-corrected chi connectivity index (χ1v) is 3.68. The van der Waals surface area contributed by atoms with Crippen molar-refractivity contribution in [3.05, 3.63) is 0 Å². The van der Waals surface area contributed by atoms with E-state index >= 15 is 0 Å². The monoisotopic (exact) mass is 213 g/mol. The molecule has 6 heteroatoms. The molecule has 0 saturated heterocycles. The fourth-order valence-corrected chi connectivity index (χ4v) is 0. The zero-order valence-corrected chi connectivity index (χ0v) is 7.42. The first-order valence-electron chi connectivity index (χ1n) is 1.93. The lowest BCUT2D eigenvalue weighted by Gasteiger charge is -1.84. The Labute approximate surface area is 73.8 Å². The normalized spacial score (nSPS) is 9.33. The zero-order valence-electron chi connectivity index (χ0n) is 4.40. The van der Waals surface area contributed by atoms with Crippen molar-refractivity contribution in [2.75, 3.05) is 6.61 Å². The summed E-state index contributed by atoms with van der Waals surface area (Å²) in [5, 5.41) is 7.88. The Morgan fingerprint density at radius 3 is 1.33 bits per heavy atom. The molecular formula is C3H7Cl4NO. The number of rotatable bonds is 1. The molecule has 0 fully saturated rings. The van der Waals surface area contributed by atoms with Crippen LogP contribution >= 0.6 is 46.4 Å². The van der Waals surface area contributed by atoms with Crippen LogP contribution in [0, 0.1) is 0 Å². The van der Waals surface area contributed by atoms with E-state index in [1.165, 1.54) is 0 Å². The topological polar surface area (TPSA) is 46.2 Å². The highest BCUT2D eigenvalue weighted by Gasteiger charge is 1.88. The standard InChI is InChI=1S/C2H4Cl2O.CH3Cl2N/c3-2(4)1-5;2-1(3)4/h2,5H,1H2;1H,4H2. The zero-order chi connectivity index (χ0) is 7.86. The van der Waals surface area contributed by atoms with Gasteiger partial charge in [0.05, 0.1) is 6.61 Å². The Morgan fingerprint density at radius 1 is 1.22 bits per heavy atom. The second-order valence-electron chi connectivity index (χ2n) is 0.908. The van der Waals surface area contributed by atoms with Crippen molar-refractivity contribution < 1.29 is 5.11 Å². The van der Waals surface area contributed by atoms with Gasteiger partial charge >= 0.3 is 0 Å². The van der Waals surface area contributed by atoms with E-state index in [9.17, 15) is 0 Å². The fraction of sp³-hybridized carbons (Fsp3) is 1.00. The van der Waals surface area contributed by atoms with E-state index in [1.54, 1.807) is 0 Å². The molecule has 0 heterocycles. The van der Waals surface area contributed by atoms with Gasteiger partial charge in [0.1, 0.15) is 4.84 Å². The third kappa shape index (κ3) is 48.0. The summed E-state index contributed by atoms with van der Waals surface area (Å²) in [5.74, 6) is 0. The predicted octanol–water partition coefficient (Wildman–Crippen LogP) is 1.49. The van der Waals surface area contributed by atoms with E-state index in [-0.39, 0.29) is 6.61 Å². The number of nitrogens with two attached hydrogens (primary N) is 1. The molecule has 58 valence electrons. The van der Waals surface area contributed by atoms with Crippen LogP contribution in [0.25, 0.3) is 0 Å². The summed E-state index contributed by atoms with van der Waals surface area (Å²) in [4.78, 5) is -1.34. The molecule has 0 aromatic carbocycles. The number of aliphatic hydroxyl groups excluding tert-OH is 1. The number of hydrogen-bond donors (Lipinski definition) is 2. The summed E-state index contributed by atoms with van der Waals surface area (Å²) in [7, 11) is 0.